The first kappa shape index (κ1) is 12.1. The van der Waals surface area contributed by atoms with Gasteiger partial charge in [0, 0.05) is 12.5 Å². The van der Waals surface area contributed by atoms with Crippen LogP contribution in [0.15, 0.2) is 18.2 Å². The van der Waals surface area contributed by atoms with Crippen LogP contribution < -0.4 is 11.1 Å². The first-order valence-electron chi connectivity index (χ1n) is 4.84. The first-order valence-corrected chi connectivity index (χ1v) is 4.84. The highest BCUT2D eigenvalue weighted by Gasteiger charge is 2.13. The molecule has 0 spiro atoms. The Labute approximate surface area is 93.8 Å². The molecule has 0 bridgehead atoms. The summed E-state index contributed by atoms with van der Waals surface area (Å²) in [5.74, 6) is 1.41. The fourth-order valence-electron chi connectivity index (χ4n) is 1.26. The Morgan fingerprint density at radius 1 is 1.69 bits per heavy atom. The Bertz CT molecular complexity index is 437. The predicted octanol–water partition coefficient (Wildman–Crippen LogP) is 1.55. The zero-order chi connectivity index (χ0) is 12.1. The van der Waals surface area contributed by atoms with Crippen molar-refractivity contribution in [3.63, 3.8) is 0 Å². The van der Waals surface area contributed by atoms with Crippen molar-refractivity contribution in [2.24, 2.45) is 0 Å². The molecule has 0 aliphatic heterocycles. The van der Waals surface area contributed by atoms with Gasteiger partial charge in [0.05, 0.1) is 11.3 Å². The van der Waals surface area contributed by atoms with E-state index in [0.29, 0.717) is 6.42 Å². The number of hydrogen-bond donors (Lipinski definition) is 2. The summed E-state index contributed by atoms with van der Waals surface area (Å²) < 4.78 is 13.1. The maximum atomic E-state index is 13.1. The Morgan fingerprint density at radius 3 is 3.00 bits per heavy atom. The molecule has 0 fully saturated rings. The molecule has 1 atom stereocenters. The van der Waals surface area contributed by atoms with Gasteiger partial charge in [0.1, 0.15) is 5.82 Å². The molecule has 0 heterocycles. The average molecular weight is 220 g/mol. The lowest BCUT2D eigenvalue weighted by Gasteiger charge is -2.12. The van der Waals surface area contributed by atoms with Gasteiger partial charge in [0.25, 0.3) is 5.91 Å². The van der Waals surface area contributed by atoms with Crippen molar-refractivity contribution in [3.05, 3.63) is 29.6 Å². The zero-order valence-electron chi connectivity index (χ0n) is 8.96. The molecule has 3 nitrogen and oxygen atoms in total. The van der Waals surface area contributed by atoms with Gasteiger partial charge in [0.15, 0.2) is 0 Å². The van der Waals surface area contributed by atoms with Gasteiger partial charge < -0.3 is 11.1 Å². The van der Waals surface area contributed by atoms with Crippen molar-refractivity contribution in [2.75, 3.05) is 5.73 Å². The summed E-state index contributed by atoms with van der Waals surface area (Å²) in [7, 11) is 0. The van der Waals surface area contributed by atoms with Gasteiger partial charge >= 0.3 is 0 Å². The van der Waals surface area contributed by atoms with Crippen molar-refractivity contribution in [2.45, 2.75) is 19.4 Å². The van der Waals surface area contributed by atoms with Crippen molar-refractivity contribution in [1.82, 2.24) is 5.32 Å². The number of para-hydroxylation sites is 1. The minimum Gasteiger partial charge on any atom is -0.396 e. The van der Waals surface area contributed by atoms with E-state index in [4.69, 9.17) is 12.2 Å². The van der Waals surface area contributed by atoms with Crippen molar-refractivity contribution in [3.8, 4) is 12.3 Å². The first-order chi connectivity index (χ1) is 7.56. The minimum absolute atomic E-state index is 0.129. The quantitative estimate of drug-likeness (QED) is 0.599. The third-order valence-corrected chi connectivity index (χ3v) is 2.10. The summed E-state index contributed by atoms with van der Waals surface area (Å²) in [5.41, 5.74) is 5.44. The number of terminal acetylenes is 1. The number of carbonyl (C=O) groups is 1. The lowest BCUT2D eigenvalue weighted by atomic mass is 10.1. The third kappa shape index (κ3) is 2.74. The second kappa shape index (κ2) is 5.17. The molecule has 1 aromatic rings. The van der Waals surface area contributed by atoms with E-state index in [1.54, 1.807) is 6.92 Å². The van der Waals surface area contributed by atoms with E-state index in [1.807, 2.05) is 0 Å². The Hall–Kier alpha value is -2.02. The molecule has 1 unspecified atom stereocenters. The number of carbonyl (C=O) groups excluding carboxylic acids is 1. The number of hydrogen-bond acceptors (Lipinski definition) is 2. The van der Waals surface area contributed by atoms with Crippen LogP contribution in [-0.4, -0.2) is 11.9 Å². The monoisotopic (exact) mass is 220 g/mol. The standard InChI is InChI=1S/C12H13FN2O/c1-3-5-8(2)15-12(16)9-6-4-7-10(13)11(9)14/h1,4,6-8H,5,14H2,2H3,(H,15,16). The number of nitrogens with two attached hydrogens (primary N) is 1. The maximum absolute atomic E-state index is 13.1. The summed E-state index contributed by atoms with van der Waals surface area (Å²) in [6, 6.07) is 3.94. The molecule has 84 valence electrons. The molecular weight excluding hydrogens is 207 g/mol. The van der Waals surface area contributed by atoms with Crippen LogP contribution in [0.1, 0.15) is 23.7 Å². The van der Waals surface area contributed by atoms with Crippen LogP contribution in [0.25, 0.3) is 0 Å². The van der Waals surface area contributed by atoms with Crippen LogP contribution in [0.4, 0.5) is 10.1 Å². The molecule has 0 radical (unpaired) electrons. The highest BCUT2D eigenvalue weighted by molar-refractivity contribution is 5.99. The molecule has 0 aromatic heterocycles. The number of rotatable bonds is 3. The highest BCUT2D eigenvalue weighted by atomic mass is 19.1. The third-order valence-electron chi connectivity index (χ3n) is 2.10. The van der Waals surface area contributed by atoms with E-state index in [9.17, 15) is 9.18 Å². The summed E-state index contributed by atoms with van der Waals surface area (Å²) >= 11 is 0. The summed E-state index contributed by atoms with van der Waals surface area (Å²) in [6.07, 6.45) is 5.53. The molecule has 16 heavy (non-hydrogen) atoms. The molecule has 0 aliphatic rings. The number of benzene rings is 1. The van der Waals surface area contributed by atoms with Crippen molar-refractivity contribution >= 4 is 11.6 Å². The van der Waals surface area contributed by atoms with Gasteiger partial charge in [-0.05, 0) is 19.1 Å². The normalized spacial score (nSPS) is 11.6. The van der Waals surface area contributed by atoms with Crippen LogP contribution in [-0.2, 0) is 0 Å². The summed E-state index contributed by atoms with van der Waals surface area (Å²) in [5, 5.41) is 2.64. The second-order valence-corrected chi connectivity index (χ2v) is 3.48. The van der Waals surface area contributed by atoms with Crippen LogP contribution in [0.3, 0.4) is 0 Å². The van der Waals surface area contributed by atoms with E-state index >= 15 is 0 Å². The zero-order valence-corrected chi connectivity index (χ0v) is 8.96. The smallest absolute Gasteiger partial charge is 0.253 e. The van der Waals surface area contributed by atoms with E-state index in [-0.39, 0.29) is 17.3 Å². The van der Waals surface area contributed by atoms with E-state index in [0.717, 1.165) is 0 Å². The number of halogens is 1. The van der Waals surface area contributed by atoms with Gasteiger partial charge in [-0.25, -0.2) is 4.39 Å². The average Bonchev–Trinajstić information content (AvgIpc) is 2.22. The molecule has 0 aliphatic carbocycles. The number of amides is 1. The van der Waals surface area contributed by atoms with Crippen molar-refractivity contribution < 1.29 is 9.18 Å². The minimum atomic E-state index is -0.600. The summed E-state index contributed by atoms with van der Waals surface area (Å²) in [6.45, 7) is 1.77. The highest BCUT2D eigenvalue weighted by Crippen LogP contribution is 2.15. The molecule has 1 amide bonds. The fraction of sp³-hybridized carbons (Fsp3) is 0.250. The number of anilines is 1. The van der Waals surface area contributed by atoms with Crippen LogP contribution in [0, 0.1) is 18.2 Å². The SMILES string of the molecule is C#CCC(C)NC(=O)c1cccc(F)c1N. The van der Waals surface area contributed by atoms with Gasteiger partial charge in [-0.2, -0.15) is 0 Å². The van der Waals surface area contributed by atoms with Crippen LogP contribution >= 0.6 is 0 Å². The molecule has 0 saturated heterocycles. The van der Waals surface area contributed by atoms with E-state index < -0.39 is 11.7 Å². The Morgan fingerprint density at radius 2 is 2.38 bits per heavy atom. The molecule has 4 heteroatoms. The van der Waals surface area contributed by atoms with Gasteiger partial charge in [-0.15, -0.1) is 12.3 Å². The van der Waals surface area contributed by atoms with Gasteiger partial charge in [0.2, 0.25) is 0 Å². The molecule has 3 N–H and O–H groups in total. The van der Waals surface area contributed by atoms with Crippen LogP contribution in [0.2, 0.25) is 0 Å². The lowest BCUT2D eigenvalue weighted by molar-refractivity contribution is 0.0941. The van der Waals surface area contributed by atoms with E-state index in [2.05, 4.69) is 11.2 Å². The number of nitrogens with one attached hydrogen (secondary N) is 1. The summed E-state index contributed by atoms with van der Waals surface area (Å²) in [4.78, 5) is 11.7. The van der Waals surface area contributed by atoms with Crippen LogP contribution in [0.5, 0.6) is 0 Å². The topological polar surface area (TPSA) is 55.1 Å². The fourth-order valence-corrected chi connectivity index (χ4v) is 1.26. The predicted molar refractivity (Wildman–Crippen MR) is 61.2 cm³/mol. The Kier molecular flexibility index (Phi) is 3.90. The van der Waals surface area contributed by atoms with E-state index in [1.165, 1.54) is 18.2 Å². The molecule has 1 rings (SSSR count). The largest absolute Gasteiger partial charge is 0.396 e. The molecular formula is C12H13FN2O. The van der Waals surface area contributed by atoms with Crippen molar-refractivity contribution in [1.29, 1.82) is 0 Å². The lowest BCUT2D eigenvalue weighted by Crippen LogP contribution is -2.32. The van der Waals surface area contributed by atoms with Gasteiger partial charge in [-0.3, -0.25) is 4.79 Å². The molecule has 1 aromatic carbocycles. The maximum Gasteiger partial charge on any atom is 0.253 e. The Balaban J connectivity index is 2.82. The molecule has 0 saturated carbocycles. The number of nitrogen functional groups attached to an aromatic ring is 1. The van der Waals surface area contributed by atoms with Gasteiger partial charge in [-0.1, -0.05) is 6.07 Å². The second-order valence-electron chi connectivity index (χ2n) is 3.48.